The number of thiophene rings is 1. The summed E-state index contributed by atoms with van der Waals surface area (Å²) in [5.74, 6) is 0.713. The molecule has 1 amide bonds. The van der Waals surface area contributed by atoms with Crippen molar-refractivity contribution in [2.45, 2.75) is 11.8 Å². The minimum atomic E-state index is -0.175. The number of carbonyl (C=O) groups is 1. The molecule has 0 unspecified atom stereocenters. The molecule has 1 atom stereocenters. The summed E-state index contributed by atoms with van der Waals surface area (Å²) in [6.45, 7) is 2.05. The number of carbonyl (C=O) groups excluding carboxylic acids is 1. The van der Waals surface area contributed by atoms with Crippen LogP contribution in [0, 0.1) is 0 Å². The molecule has 0 radical (unpaired) electrons. The van der Waals surface area contributed by atoms with Crippen LogP contribution >= 0.6 is 23.1 Å². The van der Waals surface area contributed by atoms with Gasteiger partial charge in [0.25, 0.3) is 0 Å². The Morgan fingerprint density at radius 3 is 3.00 bits per heavy atom. The molecule has 2 heterocycles. The first-order valence-corrected chi connectivity index (χ1v) is 5.56. The second-order valence-electron chi connectivity index (χ2n) is 2.85. The van der Waals surface area contributed by atoms with Crippen LogP contribution in [-0.4, -0.2) is 11.7 Å². The van der Waals surface area contributed by atoms with Crippen molar-refractivity contribution in [3.05, 3.63) is 22.4 Å². The Kier molecular flexibility index (Phi) is 1.88. The zero-order valence-corrected chi connectivity index (χ0v) is 8.30. The number of hydrogen-bond acceptors (Lipinski definition) is 3. The molecule has 1 aromatic heterocycles. The molecular formula is C8H9NOS2. The Balaban J connectivity index is 2.28. The predicted molar refractivity (Wildman–Crippen MR) is 52.3 cm³/mol. The Labute approximate surface area is 79.4 Å². The van der Waals surface area contributed by atoms with E-state index in [2.05, 4.69) is 18.3 Å². The first-order chi connectivity index (χ1) is 5.71. The third kappa shape index (κ3) is 1.25. The third-order valence-corrected chi connectivity index (χ3v) is 4.39. The van der Waals surface area contributed by atoms with E-state index in [4.69, 9.17) is 0 Å². The molecule has 64 valence electrons. The zero-order valence-electron chi connectivity index (χ0n) is 6.66. The van der Waals surface area contributed by atoms with Gasteiger partial charge in [0.1, 0.15) is 4.87 Å². The van der Waals surface area contributed by atoms with Crippen molar-refractivity contribution in [2.75, 3.05) is 5.75 Å². The van der Waals surface area contributed by atoms with Gasteiger partial charge < -0.3 is 5.32 Å². The summed E-state index contributed by atoms with van der Waals surface area (Å²) >= 11 is 3.35. The van der Waals surface area contributed by atoms with Crippen molar-refractivity contribution in [3.63, 3.8) is 0 Å². The van der Waals surface area contributed by atoms with E-state index < -0.39 is 0 Å². The predicted octanol–water partition coefficient (Wildman–Crippen LogP) is 1.78. The lowest BCUT2D eigenvalue weighted by atomic mass is 10.2. The molecule has 1 N–H and O–H groups in total. The Morgan fingerprint density at radius 2 is 2.50 bits per heavy atom. The number of nitrogens with one attached hydrogen (secondary N) is 1. The van der Waals surface area contributed by atoms with Gasteiger partial charge >= 0.3 is 0 Å². The van der Waals surface area contributed by atoms with E-state index in [1.807, 2.05) is 11.4 Å². The van der Waals surface area contributed by atoms with Gasteiger partial charge in [-0.1, -0.05) is 6.07 Å². The topological polar surface area (TPSA) is 29.1 Å². The quantitative estimate of drug-likeness (QED) is 0.747. The molecule has 0 aromatic carbocycles. The normalized spacial score (nSPS) is 28.9. The van der Waals surface area contributed by atoms with Gasteiger partial charge in [0.05, 0.1) is 5.75 Å². The largest absolute Gasteiger partial charge is 0.336 e. The summed E-state index contributed by atoms with van der Waals surface area (Å²) in [7, 11) is 0. The molecule has 1 aliphatic heterocycles. The second kappa shape index (κ2) is 2.78. The molecule has 1 saturated heterocycles. The van der Waals surface area contributed by atoms with Gasteiger partial charge in [-0.25, -0.2) is 0 Å². The first-order valence-electron chi connectivity index (χ1n) is 3.70. The molecule has 0 aliphatic carbocycles. The number of hydrogen-bond donors (Lipinski definition) is 1. The van der Waals surface area contributed by atoms with E-state index in [1.54, 1.807) is 23.1 Å². The maximum atomic E-state index is 11.0. The molecule has 1 aliphatic rings. The summed E-state index contributed by atoms with van der Waals surface area (Å²) in [5, 5.41) is 5.00. The van der Waals surface area contributed by atoms with E-state index in [0.717, 1.165) is 0 Å². The lowest BCUT2D eigenvalue weighted by Gasteiger charge is -2.20. The fourth-order valence-corrected chi connectivity index (χ4v) is 3.18. The minimum Gasteiger partial charge on any atom is -0.336 e. The molecule has 1 aromatic rings. The molecule has 2 rings (SSSR count). The van der Waals surface area contributed by atoms with Crippen LogP contribution in [0.1, 0.15) is 11.8 Å². The van der Waals surface area contributed by atoms with Gasteiger partial charge in [0, 0.05) is 4.88 Å². The summed E-state index contributed by atoms with van der Waals surface area (Å²) in [6, 6.07) is 4.07. The Bertz CT molecular complexity index is 296. The molecule has 12 heavy (non-hydrogen) atoms. The van der Waals surface area contributed by atoms with E-state index >= 15 is 0 Å². The van der Waals surface area contributed by atoms with Crippen molar-refractivity contribution in [3.8, 4) is 0 Å². The van der Waals surface area contributed by atoms with Gasteiger partial charge in [-0.15, -0.1) is 23.1 Å². The van der Waals surface area contributed by atoms with E-state index in [9.17, 15) is 4.79 Å². The van der Waals surface area contributed by atoms with Crippen LogP contribution < -0.4 is 5.32 Å². The van der Waals surface area contributed by atoms with Gasteiger partial charge in [-0.2, -0.15) is 0 Å². The molecular weight excluding hydrogens is 190 g/mol. The van der Waals surface area contributed by atoms with E-state index in [1.165, 1.54) is 4.88 Å². The Morgan fingerprint density at radius 1 is 1.67 bits per heavy atom. The average Bonchev–Trinajstić information content (AvgIpc) is 2.59. The number of rotatable bonds is 1. The smallest absolute Gasteiger partial charge is 0.231 e. The molecule has 2 nitrogen and oxygen atoms in total. The monoisotopic (exact) mass is 199 g/mol. The van der Waals surface area contributed by atoms with E-state index in [0.29, 0.717) is 5.75 Å². The highest BCUT2D eigenvalue weighted by Gasteiger charge is 2.36. The SMILES string of the molecule is C[C@]1(c2cccs2)NC(=O)CS1. The van der Waals surface area contributed by atoms with Gasteiger partial charge in [-0.3, -0.25) is 4.79 Å². The fourth-order valence-electron chi connectivity index (χ4n) is 1.23. The highest BCUT2D eigenvalue weighted by atomic mass is 32.2. The van der Waals surface area contributed by atoms with Crippen molar-refractivity contribution in [1.29, 1.82) is 0 Å². The van der Waals surface area contributed by atoms with E-state index in [-0.39, 0.29) is 10.8 Å². The van der Waals surface area contributed by atoms with Gasteiger partial charge in [0.2, 0.25) is 5.91 Å². The van der Waals surface area contributed by atoms with Crippen LogP contribution in [0.15, 0.2) is 17.5 Å². The standard InChI is InChI=1S/C8H9NOS2/c1-8(6-3-2-4-11-6)9-7(10)5-12-8/h2-4H,5H2,1H3,(H,9,10)/t8-/m0/s1. The summed E-state index contributed by atoms with van der Waals surface area (Å²) < 4.78 is 0. The molecule has 0 saturated carbocycles. The maximum absolute atomic E-state index is 11.0. The van der Waals surface area contributed by atoms with Crippen molar-refractivity contribution < 1.29 is 4.79 Å². The zero-order chi connectivity index (χ0) is 8.60. The number of thioether (sulfide) groups is 1. The van der Waals surface area contributed by atoms with Crippen LogP contribution in [0.4, 0.5) is 0 Å². The molecule has 0 bridgehead atoms. The van der Waals surface area contributed by atoms with Crippen LogP contribution in [0.2, 0.25) is 0 Å². The van der Waals surface area contributed by atoms with Crippen molar-refractivity contribution in [1.82, 2.24) is 5.32 Å². The average molecular weight is 199 g/mol. The maximum Gasteiger partial charge on any atom is 0.231 e. The fraction of sp³-hybridized carbons (Fsp3) is 0.375. The highest BCUT2D eigenvalue weighted by molar-refractivity contribution is 8.01. The molecule has 4 heteroatoms. The second-order valence-corrected chi connectivity index (χ2v) is 5.19. The van der Waals surface area contributed by atoms with Gasteiger partial charge in [-0.05, 0) is 18.4 Å². The highest BCUT2D eigenvalue weighted by Crippen LogP contribution is 2.39. The van der Waals surface area contributed by atoms with Crippen LogP contribution in [0.3, 0.4) is 0 Å². The Hall–Kier alpha value is -0.480. The molecule has 0 spiro atoms. The van der Waals surface area contributed by atoms with Crippen LogP contribution in [0.25, 0.3) is 0 Å². The lowest BCUT2D eigenvalue weighted by Crippen LogP contribution is -2.33. The van der Waals surface area contributed by atoms with Crippen molar-refractivity contribution >= 4 is 29.0 Å². The third-order valence-electron chi connectivity index (χ3n) is 1.86. The van der Waals surface area contributed by atoms with Crippen LogP contribution in [-0.2, 0) is 9.67 Å². The first kappa shape index (κ1) is 8.13. The lowest BCUT2D eigenvalue weighted by molar-refractivity contribution is -0.118. The van der Waals surface area contributed by atoms with Crippen molar-refractivity contribution in [2.24, 2.45) is 0 Å². The minimum absolute atomic E-state index is 0.135. The summed E-state index contributed by atoms with van der Waals surface area (Å²) in [6.07, 6.45) is 0. The van der Waals surface area contributed by atoms with Crippen LogP contribution in [0.5, 0.6) is 0 Å². The summed E-state index contributed by atoms with van der Waals surface area (Å²) in [4.78, 5) is 12.1. The van der Waals surface area contributed by atoms with Gasteiger partial charge in [0.15, 0.2) is 0 Å². The molecule has 1 fully saturated rings. The number of amides is 1. The summed E-state index contributed by atoms with van der Waals surface area (Å²) in [5.41, 5.74) is 0.